The van der Waals surface area contributed by atoms with Gasteiger partial charge in [0.25, 0.3) is 0 Å². The van der Waals surface area contributed by atoms with Gasteiger partial charge in [-0.2, -0.15) is 13.2 Å². The Morgan fingerprint density at radius 1 is 1.29 bits per heavy atom. The number of nitrogens with one attached hydrogen (secondary N) is 1. The summed E-state index contributed by atoms with van der Waals surface area (Å²) >= 11 is 0. The number of halogens is 3. The summed E-state index contributed by atoms with van der Waals surface area (Å²) in [6, 6.07) is 1.68. The number of piperidine rings is 1. The van der Waals surface area contributed by atoms with Crippen molar-refractivity contribution >= 4 is 11.7 Å². The van der Waals surface area contributed by atoms with Gasteiger partial charge in [0.2, 0.25) is 5.91 Å². The van der Waals surface area contributed by atoms with E-state index in [1.54, 1.807) is 11.8 Å². The van der Waals surface area contributed by atoms with Gasteiger partial charge in [0.1, 0.15) is 11.9 Å². The van der Waals surface area contributed by atoms with E-state index in [1.807, 2.05) is 0 Å². The van der Waals surface area contributed by atoms with E-state index in [0.717, 1.165) is 44.6 Å². The van der Waals surface area contributed by atoms with Crippen molar-refractivity contribution in [2.24, 2.45) is 0 Å². The van der Waals surface area contributed by atoms with Crippen LogP contribution in [0.3, 0.4) is 0 Å². The number of hydrogen-bond acceptors (Lipinski definition) is 3. The van der Waals surface area contributed by atoms with Gasteiger partial charge in [0, 0.05) is 19.3 Å². The van der Waals surface area contributed by atoms with Gasteiger partial charge in [0.15, 0.2) is 0 Å². The number of amides is 1. The molecule has 0 aromatic carbocycles. The SMILES string of the molecule is CC(Nc1ccc(C(F)(F)F)cn1)C(=O)N1CCCCC1. The predicted molar refractivity (Wildman–Crippen MR) is 72.8 cm³/mol. The van der Waals surface area contributed by atoms with Crippen molar-refractivity contribution in [1.82, 2.24) is 9.88 Å². The lowest BCUT2D eigenvalue weighted by Crippen LogP contribution is -2.44. The molecule has 1 N–H and O–H groups in total. The highest BCUT2D eigenvalue weighted by Gasteiger charge is 2.30. The first kappa shape index (κ1) is 15.6. The first-order chi connectivity index (χ1) is 9.88. The number of likely N-dealkylation sites (tertiary alicyclic amines) is 1. The first-order valence-corrected chi connectivity index (χ1v) is 6.96. The zero-order chi connectivity index (χ0) is 15.5. The summed E-state index contributed by atoms with van der Waals surface area (Å²) in [5, 5.41) is 2.85. The largest absolute Gasteiger partial charge is 0.417 e. The maximum absolute atomic E-state index is 12.4. The maximum atomic E-state index is 12.4. The maximum Gasteiger partial charge on any atom is 0.417 e. The average molecular weight is 301 g/mol. The molecule has 0 saturated carbocycles. The topological polar surface area (TPSA) is 45.2 Å². The van der Waals surface area contributed by atoms with E-state index in [-0.39, 0.29) is 11.7 Å². The second-order valence-electron chi connectivity index (χ2n) is 5.18. The summed E-state index contributed by atoms with van der Waals surface area (Å²) in [6.07, 6.45) is -0.513. The minimum Gasteiger partial charge on any atom is -0.359 e. The van der Waals surface area contributed by atoms with Gasteiger partial charge in [-0.25, -0.2) is 4.98 Å². The molecular formula is C14H18F3N3O. The molecule has 7 heteroatoms. The van der Waals surface area contributed by atoms with Crippen LogP contribution in [0.25, 0.3) is 0 Å². The normalized spacial score (nSPS) is 17.4. The van der Waals surface area contributed by atoms with E-state index < -0.39 is 17.8 Å². The summed E-state index contributed by atoms with van der Waals surface area (Å²) in [6.45, 7) is 3.17. The zero-order valence-electron chi connectivity index (χ0n) is 11.8. The summed E-state index contributed by atoms with van der Waals surface area (Å²) in [4.78, 5) is 17.7. The molecule has 0 radical (unpaired) electrons. The van der Waals surface area contributed by atoms with Crippen LogP contribution in [-0.2, 0) is 11.0 Å². The van der Waals surface area contributed by atoms with Crippen LogP contribution in [0, 0.1) is 0 Å². The monoisotopic (exact) mass is 301 g/mol. The Morgan fingerprint density at radius 2 is 1.95 bits per heavy atom. The first-order valence-electron chi connectivity index (χ1n) is 6.96. The number of carbonyl (C=O) groups is 1. The van der Waals surface area contributed by atoms with Crippen molar-refractivity contribution in [3.63, 3.8) is 0 Å². The molecule has 0 spiro atoms. The Balaban J connectivity index is 1.95. The highest BCUT2D eigenvalue weighted by Crippen LogP contribution is 2.28. The average Bonchev–Trinajstić information content (AvgIpc) is 2.47. The Morgan fingerprint density at radius 3 is 2.48 bits per heavy atom. The number of hydrogen-bond donors (Lipinski definition) is 1. The van der Waals surface area contributed by atoms with Crippen LogP contribution >= 0.6 is 0 Å². The molecule has 1 aliphatic rings. The van der Waals surface area contributed by atoms with Crippen molar-refractivity contribution in [2.45, 2.75) is 38.4 Å². The predicted octanol–water partition coefficient (Wildman–Crippen LogP) is 2.91. The van der Waals surface area contributed by atoms with Gasteiger partial charge in [0.05, 0.1) is 5.56 Å². The Labute approximate surface area is 121 Å². The summed E-state index contributed by atoms with van der Waals surface area (Å²) in [7, 11) is 0. The number of anilines is 1. The third-order valence-corrected chi connectivity index (χ3v) is 3.49. The van der Waals surface area contributed by atoms with Crippen LogP contribution in [0.4, 0.5) is 19.0 Å². The number of pyridine rings is 1. The number of nitrogens with zero attached hydrogens (tertiary/aromatic N) is 2. The number of alkyl halides is 3. The summed E-state index contributed by atoms with van der Waals surface area (Å²) in [5.74, 6) is 0.220. The molecule has 1 atom stereocenters. The van der Waals surface area contributed by atoms with Crippen LogP contribution in [0.15, 0.2) is 18.3 Å². The van der Waals surface area contributed by atoms with Gasteiger partial charge in [-0.05, 0) is 38.3 Å². The molecule has 2 rings (SSSR count). The molecule has 1 unspecified atom stereocenters. The van der Waals surface area contributed by atoms with Crippen LogP contribution in [0.2, 0.25) is 0 Å². The quantitative estimate of drug-likeness (QED) is 0.933. The second kappa shape index (κ2) is 6.32. The highest BCUT2D eigenvalue weighted by molar-refractivity contribution is 5.84. The molecule has 1 amide bonds. The molecule has 0 aliphatic carbocycles. The van der Waals surface area contributed by atoms with Gasteiger partial charge >= 0.3 is 6.18 Å². The number of carbonyl (C=O) groups excluding carboxylic acids is 1. The lowest BCUT2D eigenvalue weighted by atomic mass is 10.1. The number of aromatic nitrogens is 1. The minimum atomic E-state index is -4.40. The fraction of sp³-hybridized carbons (Fsp3) is 0.571. The molecule has 116 valence electrons. The fourth-order valence-corrected chi connectivity index (χ4v) is 2.32. The third kappa shape index (κ3) is 4.09. The minimum absolute atomic E-state index is 0.0450. The third-order valence-electron chi connectivity index (χ3n) is 3.49. The number of rotatable bonds is 3. The molecule has 1 aromatic heterocycles. The molecule has 1 aromatic rings. The van der Waals surface area contributed by atoms with Crippen LogP contribution in [0.1, 0.15) is 31.7 Å². The molecular weight excluding hydrogens is 283 g/mol. The van der Waals surface area contributed by atoms with E-state index in [2.05, 4.69) is 10.3 Å². The van der Waals surface area contributed by atoms with E-state index >= 15 is 0 Å². The van der Waals surface area contributed by atoms with Crippen LogP contribution in [0.5, 0.6) is 0 Å². The van der Waals surface area contributed by atoms with Gasteiger partial charge in [-0.15, -0.1) is 0 Å². The standard InChI is InChI=1S/C14H18F3N3O/c1-10(13(21)20-7-3-2-4-8-20)19-12-6-5-11(9-18-12)14(15,16)17/h5-6,9-10H,2-4,7-8H2,1H3,(H,18,19). The molecule has 2 heterocycles. The smallest absolute Gasteiger partial charge is 0.359 e. The molecule has 4 nitrogen and oxygen atoms in total. The lowest BCUT2D eigenvalue weighted by Gasteiger charge is -2.29. The van der Waals surface area contributed by atoms with Gasteiger partial charge in [-0.3, -0.25) is 4.79 Å². The summed E-state index contributed by atoms with van der Waals surface area (Å²) < 4.78 is 37.3. The highest BCUT2D eigenvalue weighted by atomic mass is 19.4. The molecule has 0 bridgehead atoms. The van der Waals surface area contributed by atoms with Crippen molar-refractivity contribution in [1.29, 1.82) is 0 Å². The van der Waals surface area contributed by atoms with Crippen molar-refractivity contribution in [3.05, 3.63) is 23.9 Å². The van der Waals surface area contributed by atoms with E-state index in [4.69, 9.17) is 0 Å². The van der Waals surface area contributed by atoms with Crippen LogP contribution < -0.4 is 5.32 Å². The Hall–Kier alpha value is -1.79. The zero-order valence-corrected chi connectivity index (χ0v) is 11.8. The summed E-state index contributed by atoms with van der Waals surface area (Å²) in [5.41, 5.74) is -0.803. The Bertz CT molecular complexity index is 481. The molecule has 1 fully saturated rings. The second-order valence-corrected chi connectivity index (χ2v) is 5.18. The van der Waals surface area contributed by atoms with Crippen molar-refractivity contribution < 1.29 is 18.0 Å². The fourth-order valence-electron chi connectivity index (χ4n) is 2.32. The Kier molecular flexibility index (Phi) is 4.69. The van der Waals surface area contributed by atoms with Crippen molar-refractivity contribution in [3.8, 4) is 0 Å². The van der Waals surface area contributed by atoms with E-state index in [9.17, 15) is 18.0 Å². The van der Waals surface area contributed by atoms with Crippen molar-refractivity contribution in [2.75, 3.05) is 18.4 Å². The van der Waals surface area contributed by atoms with E-state index in [0.29, 0.717) is 0 Å². The lowest BCUT2D eigenvalue weighted by molar-refractivity contribution is -0.138. The van der Waals surface area contributed by atoms with E-state index in [1.165, 1.54) is 6.07 Å². The van der Waals surface area contributed by atoms with Gasteiger partial charge in [-0.1, -0.05) is 0 Å². The molecule has 21 heavy (non-hydrogen) atoms. The molecule has 1 saturated heterocycles. The molecule has 1 aliphatic heterocycles. The van der Waals surface area contributed by atoms with Gasteiger partial charge < -0.3 is 10.2 Å². The van der Waals surface area contributed by atoms with Crippen LogP contribution in [-0.4, -0.2) is 34.9 Å².